The van der Waals surface area contributed by atoms with Gasteiger partial charge in [-0.2, -0.15) is 0 Å². The lowest BCUT2D eigenvalue weighted by Gasteiger charge is -2.24. The molecule has 1 aliphatic heterocycles. The van der Waals surface area contributed by atoms with E-state index in [0.29, 0.717) is 13.0 Å². The third kappa shape index (κ3) is 5.09. The molecule has 0 radical (unpaired) electrons. The standard InChI is InChI=1S/C22H21ClF3N5O3/c1-22(2,3)34-21(32)31-7-6-11(9-31)33-20-13(24)8-15-18(30-20)19(28-10-27-15)29-14-5-4-12(23)16(25)17(14)26/h4-5,8,10-11H,6-7,9H2,1-3H3,(H,27,28,29)/t11-/m0/s1. The number of carbonyl (C=O) groups excluding carboxylic acids is 1. The number of benzene rings is 1. The molecule has 1 aliphatic rings. The van der Waals surface area contributed by atoms with Gasteiger partial charge in [0.25, 0.3) is 5.88 Å². The van der Waals surface area contributed by atoms with Crippen LogP contribution < -0.4 is 10.1 Å². The summed E-state index contributed by atoms with van der Waals surface area (Å²) in [6.07, 6.45) is 0.578. The first kappa shape index (κ1) is 23.8. The summed E-state index contributed by atoms with van der Waals surface area (Å²) in [6, 6.07) is 3.52. The number of carbonyl (C=O) groups is 1. The number of hydrogen-bond acceptors (Lipinski definition) is 7. The maximum absolute atomic E-state index is 14.7. The van der Waals surface area contributed by atoms with Gasteiger partial charge in [-0.15, -0.1) is 0 Å². The maximum Gasteiger partial charge on any atom is 0.410 e. The topological polar surface area (TPSA) is 89.5 Å². The lowest BCUT2D eigenvalue weighted by atomic mass is 10.2. The van der Waals surface area contributed by atoms with E-state index in [0.717, 1.165) is 12.4 Å². The lowest BCUT2D eigenvalue weighted by Crippen LogP contribution is -2.36. The van der Waals surface area contributed by atoms with E-state index in [-0.39, 0.29) is 40.0 Å². The first-order valence-electron chi connectivity index (χ1n) is 10.4. The summed E-state index contributed by atoms with van der Waals surface area (Å²) >= 11 is 5.59. The highest BCUT2D eigenvalue weighted by Crippen LogP contribution is 2.30. The Hall–Kier alpha value is -3.34. The van der Waals surface area contributed by atoms with Crippen LogP contribution >= 0.6 is 11.6 Å². The first-order chi connectivity index (χ1) is 16.0. The minimum atomic E-state index is -1.22. The molecule has 1 atom stereocenters. The summed E-state index contributed by atoms with van der Waals surface area (Å²) in [5.74, 6) is -3.51. The quantitative estimate of drug-likeness (QED) is 0.496. The number of pyridine rings is 1. The molecule has 1 saturated heterocycles. The van der Waals surface area contributed by atoms with E-state index < -0.39 is 35.2 Å². The van der Waals surface area contributed by atoms with Crippen molar-refractivity contribution in [3.05, 3.63) is 47.0 Å². The third-order valence-electron chi connectivity index (χ3n) is 4.89. The van der Waals surface area contributed by atoms with Crippen molar-refractivity contribution in [2.75, 3.05) is 18.4 Å². The van der Waals surface area contributed by atoms with Gasteiger partial charge in [0.15, 0.2) is 23.3 Å². The van der Waals surface area contributed by atoms with E-state index in [2.05, 4.69) is 20.3 Å². The second-order valence-corrected chi connectivity index (χ2v) is 9.08. The van der Waals surface area contributed by atoms with Gasteiger partial charge in [0.2, 0.25) is 0 Å². The predicted molar refractivity (Wildman–Crippen MR) is 119 cm³/mol. The van der Waals surface area contributed by atoms with Crippen LogP contribution in [0.5, 0.6) is 5.88 Å². The highest BCUT2D eigenvalue weighted by molar-refractivity contribution is 6.30. The highest BCUT2D eigenvalue weighted by atomic mass is 35.5. The Labute approximate surface area is 198 Å². The van der Waals surface area contributed by atoms with Gasteiger partial charge in [0.05, 0.1) is 22.8 Å². The molecule has 1 amide bonds. The number of rotatable bonds is 4. The molecule has 0 spiro atoms. The molecular formula is C22H21ClF3N5O3. The zero-order valence-corrected chi connectivity index (χ0v) is 19.3. The normalized spacial score (nSPS) is 16.1. The second kappa shape index (κ2) is 9.13. The molecule has 0 aliphatic carbocycles. The zero-order chi connectivity index (χ0) is 24.6. The molecule has 3 aromatic rings. The molecule has 8 nitrogen and oxygen atoms in total. The number of nitrogens with one attached hydrogen (secondary N) is 1. The van der Waals surface area contributed by atoms with Crippen molar-refractivity contribution in [2.24, 2.45) is 0 Å². The summed E-state index contributed by atoms with van der Waals surface area (Å²) in [7, 11) is 0. The Morgan fingerprint density at radius 3 is 2.71 bits per heavy atom. The van der Waals surface area contributed by atoms with Gasteiger partial charge in [-0.1, -0.05) is 11.6 Å². The lowest BCUT2D eigenvalue weighted by molar-refractivity contribution is 0.0274. The van der Waals surface area contributed by atoms with Crippen LogP contribution in [0.4, 0.5) is 29.5 Å². The van der Waals surface area contributed by atoms with Gasteiger partial charge >= 0.3 is 6.09 Å². The maximum atomic E-state index is 14.7. The van der Waals surface area contributed by atoms with Gasteiger partial charge in [0.1, 0.15) is 23.5 Å². The molecule has 0 bridgehead atoms. The van der Waals surface area contributed by atoms with Gasteiger partial charge in [-0.05, 0) is 32.9 Å². The molecule has 0 unspecified atom stereocenters. The fourth-order valence-corrected chi connectivity index (χ4v) is 3.49. The number of amides is 1. The van der Waals surface area contributed by atoms with Crippen molar-refractivity contribution in [2.45, 2.75) is 38.9 Å². The van der Waals surface area contributed by atoms with Crippen molar-refractivity contribution < 1.29 is 27.4 Å². The SMILES string of the molecule is CC(C)(C)OC(=O)N1CC[C@H](Oc2nc3c(Nc4ccc(Cl)c(F)c4F)ncnc3cc2F)C1. The number of fused-ring (bicyclic) bond motifs is 1. The first-order valence-corrected chi connectivity index (χ1v) is 10.8. The van der Waals surface area contributed by atoms with Gasteiger partial charge < -0.3 is 19.7 Å². The number of hydrogen-bond donors (Lipinski definition) is 1. The molecule has 1 fully saturated rings. The molecular weight excluding hydrogens is 475 g/mol. The van der Waals surface area contributed by atoms with Crippen LogP contribution in [0.25, 0.3) is 11.0 Å². The molecule has 0 saturated carbocycles. The summed E-state index contributed by atoms with van der Waals surface area (Å²) in [5.41, 5.74) is -0.674. The Kier molecular flexibility index (Phi) is 6.39. The van der Waals surface area contributed by atoms with Gasteiger partial charge in [0, 0.05) is 19.0 Å². The van der Waals surface area contributed by atoms with E-state index in [1.54, 1.807) is 20.8 Å². The number of likely N-dealkylation sites (tertiary alicyclic amines) is 1. The molecule has 2 aromatic heterocycles. The van der Waals surface area contributed by atoms with E-state index >= 15 is 0 Å². The fourth-order valence-electron chi connectivity index (χ4n) is 3.34. The minimum absolute atomic E-state index is 0.0114. The molecule has 1 N–H and O–H groups in total. The molecule has 3 heterocycles. The number of halogens is 4. The minimum Gasteiger partial charge on any atom is -0.470 e. The van der Waals surface area contributed by atoms with E-state index in [4.69, 9.17) is 21.1 Å². The van der Waals surface area contributed by atoms with Crippen LogP contribution in [-0.4, -0.2) is 50.7 Å². The number of nitrogens with zero attached hydrogens (tertiary/aromatic N) is 4. The van der Waals surface area contributed by atoms with Crippen molar-refractivity contribution in [3.63, 3.8) is 0 Å². The number of anilines is 2. The Morgan fingerprint density at radius 2 is 1.97 bits per heavy atom. The Balaban J connectivity index is 1.56. The van der Waals surface area contributed by atoms with Crippen molar-refractivity contribution in [1.29, 1.82) is 0 Å². The van der Waals surface area contributed by atoms with Crippen LogP contribution in [0.2, 0.25) is 5.02 Å². The zero-order valence-electron chi connectivity index (χ0n) is 18.5. The second-order valence-electron chi connectivity index (χ2n) is 8.67. The van der Waals surface area contributed by atoms with Crippen LogP contribution in [0, 0.1) is 17.5 Å². The van der Waals surface area contributed by atoms with Crippen LogP contribution in [0.1, 0.15) is 27.2 Å². The van der Waals surface area contributed by atoms with Crippen molar-refractivity contribution >= 4 is 40.2 Å². The van der Waals surface area contributed by atoms with E-state index in [1.807, 2.05) is 0 Å². The van der Waals surface area contributed by atoms with Gasteiger partial charge in [-0.25, -0.2) is 32.9 Å². The molecule has 4 rings (SSSR count). The molecule has 34 heavy (non-hydrogen) atoms. The third-order valence-corrected chi connectivity index (χ3v) is 5.19. The molecule has 12 heteroatoms. The molecule has 180 valence electrons. The van der Waals surface area contributed by atoms with Crippen LogP contribution in [-0.2, 0) is 4.74 Å². The van der Waals surface area contributed by atoms with Crippen molar-refractivity contribution in [3.8, 4) is 5.88 Å². The molecule has 1 aromatic carbocycles. The van der Waals surface area contributed by atoms with E-state index in [9.17, 15) is 18.0 Å². The monoisotopic (exact) mass is 495 g/mol. The van der Waals surface area contributed by atoms with Crippen LogP contribution in [0.3, 0.4) is 0 Å². The predicted octanol–water partition coefficient (Wildman–Crippen LogP) is 5.23. The Morgan fingerprint density at radius 1 is 1.21 bits per heavy atom. The summed E-state index contributed by atoms with van der Waals surface area (Å²) in [6.45, 7) is 5.87. The summed E-state index contributed by atoms with van der Waals surface area (Å²) in [4.78, 5) is 25.9. The number of aromatic nitrogens is 3. The number of ether oxygens (including phenoxy) is 2. The highest BCUT2D eigenvalue weighted by Gasteiger charge is 2.32. The average Bonchev–Trinajstić information content (AvgIpc) is 3.23. The summed E-state index contributed by atoms with van der Waals surface area (Å²) < 4.78 is 53.8. The average molecular weight is 496 g/mol. The van der Waals surface area contributed by atoms with Crippen molar-refractivity contribution in [1.82, 2.24) is 19.9 Å². The van der Waals surface area contributed by atoms with E-state index in [1.165, 1.54) is 17.0 Å². The van der Waals surface area contributed by atoms with Gasteiger partial charge in [-0.3, -0.25) is 0 Å². The largest absolute Gasteiger partial charge is 0.470 e. The smallest absolute Gasteiger partial charge is 0.410 e. The Bertz CT molecular complexity index is 1250. The summed E-state index contributed by atoms with van der Waals surface area (Å²) in [5, 5.41) is 2.26. The van der Waals surface area contributed by atoms with Crippen LogP contribution in [0.15, 0.2) is 24.5 Å². The fraction of sp³-hybridized carbons (Fsp3) is 0.364.